The molecule has 0 N–H and O–H groups in total. The van der Waals surface area contributed by atoms with Crippen molar-refractivity contribution in [1.82, 2.24) is 6.15 Å². The van der Waals surface area contributed by atoms with Gasteiger partial charge in [-0.2, -0.15) is 0 Å². The Labute approximate surface area is 36.0 Å². The molecule has 0 aromatic rings. The van der Waals surface area contributed by atoms with Crippen LogP contribution in [0, 0.1) is 4.91 Å². The highest BCUT2D eigenvalue weighted by atomic mass is 16.7. The molecule has 35 valence electrons. The summed E-state index contributed by atoms with van der Waals surface area (Å²) in [6.07, 6.45) is 0. The van der Waals surface area contributed by atoms with Gasteiger partial charge in [0.2, 0.25) is 0 Å². The summed E-state index contributed by atoms with van der Waals surface area (Å²) in [5.41, 5.74) is 0. The molecule has 0 heterocycles. The first-order valence-electron chi connectivity index (χ1n) is 1.36. The van der Waals surface area contributed by atoms with E-state index < -0.39 is 0 Å². The van der Waals surface area contributed by atoms with E-state index >= 15 is 0 Å². The number of hydrogen-bond acceptors (Lipinski definition) is 3. The van der Waals surface area contributed by atoms with Gasteiger partial charge in [0.1, 0.15) is 6.61 Å². The third-order valence-electron chi connectivity index (χ3n) is 0.182. The molecule has 0 bridgehead atoms. The van der Waals surface area contributed by atoms with E-state index in [-0.39, 0.29) is 6.15 Å². The Hall–Kier alpha value is -0.640. The van der Waals surface area contributed by atoms with Crippen molar-refractivity contribution < 1.29 is 4.84 Å². The molecule has 0 aliphatic heterocycles. The van der Waals surface area contributed by atoms with E-state index in [0.717, 1.165) is 0 Å². The second-order valence-corrected chi connectivity index (χ2v) is 0.492. The second-order valence-electron chi connectivity index (χ2n) is 0.492. The highest BCUT2D eigenvalue weighted by Gasteiger charge is 1.62. The van der Waals surface area contributed by atoms with Gasteiger partial charge in [-0.05, 0) is 6.92 Å². The van der Waals surface area contributed by atoms with Crippen molar-refractivity contribution in [3.63, 3.8) is 0 Å². The summed E-state index contributed by atoms with van der Waals surface area (Å²) in [7, 11) is 0. The SMILES string of the molecule is CCON=O.[N]. The van der Waals surface area contributed by atoms with Crippen LogP contribution in [0.3, 0.4) is 0 Å². The van der Waals surface area contributed by atoms with Gasteiger partial charge >= 0.3 is 0 Å². The molecule has 6 heavy (non-hydrogen) atoms. The number of rotatable bonds is 2. The Balaban J connectivity index is 0. The molecule has 0 fully saturated rings. The molecule has 0 unspecified atom stereocenters. The van der Waals surface area contributed by atoms with Gasteiger partial charge < -0.3 is 4.84 Å². The highest BCUT2D eigenvalue weighted by molar-refractivity contribution is 4.01. The van der Waals surface area contributed by atoms with E-state index in [2.05, 4.69) is 10.2 Å². The molecule has 3 radical (unpaired) electrons. The first-order chi connectivity index (χ1) is 2.41. The van der Waals surface area contributed by atoms with Crippen molar-refractivity contribution in [1.29, 1.82) is 0 Å². The third-order valence-corrected chi connectivity index (χ3v) is 0.182. The van der Waals surface area contributed by atoms with Gasteiger partial charge in [-0.3, -0.25) is 0 Å². The molecule has 0 aromatic carbocycles. The molecule has 0 aromatic heterocycles. The quantitative estimate of drug-likeness (QED) is 0.358. The van der Waals surface area contributed by atoms with E-state index in [4.69, 9.17) is 4.91 Å². The Morgan fingerprint density at radius 2 is 2.33 bits per heavy atom. The van der Waals surface area contributed by atoms with E-state index in [1.165, 1.54) is 0 Å². The minimum atomic E-state index is 0. The van der Waals surface area contributed by atoms with Crippen molar-refractivity contribution in [2.45, 2.75) is 6.92 Å². The highest BCUT2D eigenvalue weighted by Crippen LogP contribution is 1.65. The molecular formula is C2H5N2O2. The normalized spacial score (nSPS) is 5.50. The van der Waals surface area contributed by atoms with Crippen LogP contribution in [0.5, 0.6) is 0 Å². The lowest BCUT2D eigenvalue weighted by atomic mass is 10.9. The number of nitrogens with zero attached hydrogens (tertiary/aromatic N) is 2. The van der Waals surface area contributed by atoms with Gasteiger partial charge in [0.15, 0.2) is 5.34 Å². The smallest absolute Gasteiger partial charge is 0.155 e. The monoisotopic (exact) mass is 89.0 g/mol. The van der Waals surface area contributed by atoms with E-state index in [1.54, 1.807) is 6.92 Å². The van der Waals surface area contributed by atoms with Crippen LogP contribution in [0.1, 0.15) is 6.92 Å². The average molecular weight is 89.1 g/mol. The molecule has 4 nitrogen and oxygen atoms in total. The van der Waals surface area contributed by atoms with E-state index in [9.17, 15) is 0 Å². The molecule has 0 aliphatic carbocycles. The molecule has 0 saturated carbocycles. The summed E-state index contributed by atoms with van der Waals surface area (Å²) in [5, 5.41) is 2.10. The topological polar surface area (TPSA) is 69.2 Å². The van der Waals surface area contributed by atoms with Crippen molar-refractivity contribution >= 4 is 0 Å². The van der Waals surface area contributed by atoms with Crippen molar-refractivity contribution in [3.05, 3.63) is 4.91 Å². The summed E-state index contributed by atoms with van der Waals surface area (Å²) in [4.78, 5) is 12.8. The Morgan fingerprint density at radius 3 is 2.33 bits per heavy atom. The van der Waals surface area contributed by atoms with Crippen molar-refractivity contribution in [3.8, 4) is 0 Å². The molecule has 0 atom stereocenters. The molecule has 0 amide bonds. The zero-order valence-electron chi connectivity index (χ0n) is 3.42. The maximum atomic E-state index is 8.93. The lowest BCUT2D eigenvalue weighted by Gasteiger charge is -1.76. The lowest BCUT2D eigenvalue weighted by Crippen LogP contribution is -1.71. The van der Waals surface area contributed by atoms with Gasteiger partial charge in [0, 0.05) is 6.15 Å². The zero-order valence-corrected chi connectivity index (χ0v) is 3.42. The molecule has 0 saturated heterocycles. The first kappa shape index (κ1) is 9.03. The fourth-order valence-corrected chi connectivity index (χ4v) is 0.0527. The van der Waals surface area contributed by atoms with Crippen molar-refractivity contribution in [2.24, 2.45) is 5.34 Å². The van der Waals surface area contributed by atoms with Crippen LogP contribution in [0.4, 0.5) is 0 Å². The van der Waals surface area contributed by atoms with Crippen LogP contribution in [-0.2, 0) is 4.84 Å². The summed E-state index contributed by atoms with van der Waals surface area (Å²) in [6.45, 7) is 2.06. The minimum Gasteiger partial charge on any atom is -0.364 e. The molecule has 0 spiro atoms. The molecule has 0 aliphatic rings. The number of hydrogen-bond donors (Lipinski definition) is 0. The molecule has 4 heteroatoms. The second kappa shape index (κ2) is 8.84. The van der Waals surface area contributed by atoms with Gasteiger partial charge in [0.25, 0.3) is 0 Å². The fraction of sp³-hybridized carbons (Fsp3) is 1.00. The lowest BCUT2D eigenvalue weighted by molar-refractivity contribution is 0.154. The van der Waals surface area contributed by atoms with Gasteiger partial charge in [-0.15, -0.1) is 4.91 Å². The van der Waals surface area contributed by atoms with Gasteiger partial charge in [-0.1, -0.05) is 0 Å². The van der Waals surface area contributed by atoms with Crippen LogP contribution >= 0.6 is 0 Å². The summed E-state index contributed by atoms with van der Waals surface area (Å²) in [6, 6.07) is 0. The van der Waals surface area contributed by atoms with Crippen LogP contribution in [0.25, 0.3) is 0 Å². The van der Waals surface area contributed by atoms with Crippen LogP contribution in [0.15, 0.2) is 5.34 Å². The summed E-state index contributed by atoms with van der Waals surface area (Å²) < 4.78 is 0. The first-order valence-corrected chi connectivity index (χ1v) is 1.36. The minimum absolute atomic E-state index is 0. The van der Waals surface area contributed by atoms with Crippen LogP contribution < -0.4 is 6.15 Å². The zero-order chi connectivity index (χ0) is 4.12. The Morgan fingerprint density at radius 1 is 1.83 bits per heavy atom. The van der Waals surface area contributed by atoms with E-state index in [1.807, 2.05) is 0 Å². The predicted molar refractivity (Wildman–Crippen MR) is 19.6 cm³/mol. The Bertz CT molecular complexity index is 30.7. The van der Waals surface area contributed by atoms with E-state index in [0.29, 0.717) is 6.61 Å². The average Bonchev–Trinajstić information content (AvgIpc) is 1.41. The predicted octanol–water partition coefficient (Wildman–Crippen LogP) is 0.224. The largest absolute Gasteiger partial charge is 0.364 e. The maximum Gasteiger partial charge on any atom is 0.155 e. The fourth-order valence-electron chi connectivity index (χ4n) is 0.0527. The van der Waals surface area contributed by atoms with Crippen LogP contribution in [-0.4, -0.2) is 6.61 Å². The Kier molecular flexibility index (Phi) is 13.3. The van der Waals surface area contributed by atoms with Crippen LogP contribution in [0.2, 0.25) is 0 Å². The van der Waals surface area contributed by atoms with Crippen molar-refractivity contribution in [2.75, 3.05) is 6.61 Å². The van der Waals surface area contributed by atoms with Gasteiger partial charge in [-0.25, -0.2) is 0 Å². The summed E-state index contributed by atoms with van der Waals surface area (Å²) >= 11 is 0. The standard InChI is InChI=1S/C2H5NO2.N/c1-2-5-3-4;/h2H2,1H3;. The molecular weight excluding hydrogens is 84.0 g/mol. The molecule has 0 rings (SSSR count). The third kappa shape index (κ3) is 10.1. The van der Waals surface area contributed by atoms with Gasteiger partial charge in [0.05, 0.1) is 0 Å². The summed E-state index contributed by atoms with van der Waals surface area (Å²) in [5.74, 6) is 0. The maximum absolute atomic E-state index is 8.93.